The Bertz CT molecular complexity index is 643. The molecule has 1 unspecified atom stereocenters. The van der Waals surface area contributed by atoms with E-state index < -0.39 is 0 Å². The Morgan fingerprint density at radius 1 is 0.545 bits per heavy atom. The van der Waals surface area contributed by atoms with Crippen LogP contribution < -0.4 is 0 Å². The number of hydrogen-bond donors (Lipinski definition) is 1. The van der Waals surface area contributed by atoms with Crippen molar-refractivity contribution in [3.8, 4) is 0 Å². The zero-order valence-corrected chi connectivity index (χ0v) is 29.9. The van der Waals surface area contributed by atoms with E-state index in [1.807, 2.05) is 0 Å². The molecule has 262 valence electrons. The number of carbonyl (C=O) groups excluding carboxylic acids is 2. The Hall–Kier alpha value is -1.14. The van der Waals surface area contributed by atoms with Crippen molar-refractivity contribution >= 4 is 11.9 Å². The number of aliphatic hydroxyl groups excluding tert-OH is 1. The maximum absolute atomic E-state index is 12.7. The molecule has 0 spiro atoms. The van der Waals surface area contributed by atoms with Gasteiger partial charge in [0.1, 0.15) is 5.60 Å². The number of unbranched alkanes of at least 4 members (excludes halogenated alkanes) is 17. The van der Waals surface area contributed by atoms with Gasteiger partial charge in [-0.2, -0.15) is 0 Å². The van der Waals surface area contributed by atoms with Crippen LogP contribution >= 0.6 is 0 Å². The maximum Gasteiger partial charge on any atom is 0.306 e. The van der Waals surface area contributed by atoms with E-state index >= 15 is 0 Å². The summed E-state index contributed by atoms with van der Waals surface area (Å²) in [6.07, 6.45) is 28.3. The van der Waals surface area contributed by atoms with Gasteiger partial charge in [-0.1, -0.05) is 117 Å². The zero-order valence-electron chi connectivity index (χ0n) is 29.9. The predicted molar refractivity (Wildman–Crippen MR) is 186 cm³/mol. The van der Waals surface area contributed by atoms with Crippen LogP contribution in [0.5, 0.6) is 0 Å². The second kappa shape index (κ2) is 31.8. The van der Waals surface area contributed by atoms with Crippen LogP contribution in [0, 0.1) is 0 Å². The highest BCUT2D eigenvalue weighted by Crippen LogP contribution is 2.28. The molecule has 0 aromatic rings. The molecule has 1 N–H and O–H groups in total. The Kier molecular flexibility index (Phi) is 31.0. The summed E-state index contributed by atoms with van der Waals surface area (Å²) >= 11 is 0. The van der Waals surface area contributed by atoms with Crippen LogP contribution in [-0.4, -0.2) is 60.4 Å². The lowest BCUT2D eigenvalue weighted by Crippen LogP contribution is -2.32. The topological polar surface area (TPSA) is 76.1 Å². The molecular weight excluding hydrogens is 550 g/mol. The fourth-order valence-electron chi connectivity index (χ4n) is 5.94. The van der Waals surface area contributed by atoms with Gasteiger partial charge in [0, 0.05) is 19.4 Å². The Labute approximate surface area is 273 Å². The predicted octanol–water partition coefficient (Wildman–Crippen LogP) is 10.3. The van der Waals surface area contributed by atoms with E-state index in [9.17, 15) is 14.7 Å². The molecule has 0 fully saturated rings. The molecule has 44 heavy (non-hydrogen) atoms. The molecule has 0 aliphatic carbocycles. The first-order chi connectivity index (χ1) is 21.4. The van der Waals surface area contributed by atoms with Crippen molar-refractivity contribution in [2.24, 2.45) is 0 Å². The first-order valence-electron chi connectivity index (χ1n) is 19.1. The van der Waals surface area contributed by atoms with E-state index in [1.54, 1.807) is 0 Å². The van der Waals surface area contributed by atoms with Crippen molar-refractivity contribution in [3.63, 3.8) is 0 Å². The molecule has 0 radical (unpaired) electrons. The van der Waals surface area contributed by atoms with Gasteiger partial charge in [0.05, 0.1) is 13.2 Å². The molecule has 1 atom stereocenters. The highest BCUT2D eigenvalue weighted by atomic mass is 16.6. The van der Waals surface area contributed by atoms with Gasteiger partial charge in [-0.05, 0) is 77.8 Å². The van der Waals surface area contributed by atoms with Crippen molar-refractivity contribution in [1.82, 2.24) is 4.90 Å². The van der Waals surface area contributed by atoms with E-state index in [-0.39, 0.29) is 24.1 Å². The normalized spacial score (nSPS) is 12.9. The van der Waals surface area contributed by atoms with Crippen molar-refractivity contribution in [3.05, 3.63) is 0 Å². The van der Waals surface area contributed by atoms with Gasteiger partial charge in [-0.15, -0.1) is 0 Å². The monoisotopic (exact) mass is 626 g/mol. The molecule has 0 aromatic carbocycles. The minimum Gasteiger partial charge on any atom is -0.466 e. The lowest BCUT2D eigenvalue weighted by Gasteiger charge is -2.30. The average molecular weight is 626 g/mol. The van der Waals surface area contributed by atoms with Crippen molar-refractivity contribution < 1.29 is 24.2 Å². The van der Waals surface area contributed by atoms with Crippen LogP contribution in [0.4, 0.5) is 0 Å². The van der Waals surface area contributed by atoms with Crippen LogP contribution in [0.1, 0.15) is 195 Å². The fourth-order valence-corrected chi connectivity index (χ4v) is 5.94. The summed E-state index contributed by atoms with van der Waals surface area (Å²) in [5, 5.41) is 9.48. The molecule has 0 saturated heterocycles. The molecule has 0 rings (SSSR count). The third-order valence-electron chi connectivity index (χ3n) is 8.87. The molecule has 0 saturated carbocycles. The standard InChI is InChI=1S/C38H75NO5/c1-5-8-11-17-23-30-38(4,29-22-12-9-6-2)44-37(42)28-21-16-14-19-25-32-39(33-34-40)31-24-18-13-15-20-27-36(41)43-35-26-10-7-3/h40H,5-35H2,1-4H3. The number of hydrogen-bond acceptors (Lipinski definition) is 6. The lowest BCUT2D eigenvalue weighted by molar-refractivity contribution is -0.160. The van der Waals surface area contributed by atoms with Crippen LogP contribution in [0.3, 0.4) is 0 Å². The number of aliphatic hydroxyl groups is 1. The molecule has 0 amide bonds. The van der Waals surface area contributed by atoms with E-state index in [1.165, 1.54) is 57.8 Å². The first kappa shape index (κ1) is 42.9. The SMILES string of the molecule is CCCCCCCC(C)(CCCCCC)OC(=O)CCCCCCCN(CCO)CCCCCCCC(=O)OCCCCC. The molecule has 6 nitrogen and oxygen atoms in total. The minimum atomic E-state index is -0.297. The van der Waals surface area contributed by atoms with Crippen LogP contribution in [-0.2, 0) is 19.1 Å². The van der Waals surface area contributed by atoms with Gasteiger partial charge < -0.3 is 19.5 Å². The smallest absolute Gasteiger partial charge is 0.306 e. The first-order valence-corrected chi connectivity index (χ1v) is 19.1. The van der Waals surface area contributed by atoms with E-state index in [2.05, 4.69) is 32.6 Å². The second-order valence-electron chi connectivity index (χ2n) is 13.4. The van der Waals surface area contributed by atoms with Gasteiger partial charge in [-0.25, -0.2) is 0 Å². The zero-order chi connectivity index (χ0) is 32.6. The lowest BCUT2D eigenvalue weighted by atomic mass is 9.91. The molecule has 6 heteroatoms. The van der Waals surface area contributed by atoms with Gasteiger partial charge in [0.25, 0.3) is 0 Å². The Morgan fingerprint density at radius 2 is 0.977 bits per heavy atom. The summed E-state index contributed by atoms with van der Waals surface area (Å²) in [4.78, 5) is 26.9. The summed E-state index contributed by atoms with van der Waals surface area (Å²) in [5.41, 5.74) is -0.297. The summed E-state index contributed by atoms with van der Waals surface area (Å²) in [7, 11) is 0. The fraction of sp³-hybridized carbons (Fsp3) is 0.947. The van der Waals surface area contributed by atoms with E-state index in [0.717, 1.165) is 116 Å². The average Bonchev–Trinajstić information content (AvgIpc) is 3.00. The highest BCUT2D eigenvalue weighted by molar-refractivity contribution is 5.70. The number of carbonyl (C=O) groups is 2. The van der Waals surface area contributed by atoms with Crippen LogP contribution in [0.2, 0.25) is 0 Å². The minimum absolute atomic E-state index is 0.00647. The Morgan fingerprint density at radius 3 is 1.52 bits per heavy atom. The highest BCUT2D eigenvalue weighted by Gasteiger charge is 2.27. The third kappa shape index (κ3) is 28.3. The maximum atomic E-state index is 12.7. The molecular formula is C38H75NO5. The summed E-state index contributed by atoms with van der Waals surface area (Å²) < 4.78 is 11.4. The van der Waals surface area contributed by atoms with E-state index in [0.29, 0.717) is 19.4 Å². The van der Waals surface area contributed by atoms with Crippen molar-refractivity contribution in [2.45, 2.75) is 200 Å². The van der Waals surface area contributed by atoms with E-state index in [4.69, 9.17) is 9.47 Å². The quantitative estimate of drug-likeness (QED) is 0.0566. The second-order valence-corrected chi connectivity index (χ2v) is 13.4. The third-order valence-corrected chi connectivity index (χ3v) is 8.87. The van der Waals surface area contributed by atoms with Crippen molar-refractivity contribution in [2.75, 3.05) is 32.8 Å². The number of rotatable bonds is 34. The summed E-state index contributed by atoms with van der Waals surface area (Å²) in [6.45, 7) is 12.4. The molecule has 0 heterocycles. The number of ether oxygens (including phenoxy) is 2. The number of nitrogens with zero attached hydrogens (tertiary/aromatic N) is 1. The van der Waals surface area contributed by atoms with Gasteiger partial charge in [0.2, 0.25) is 0 Å². The van der Waals surface area contributed by atoms with Crippen LogP contribution in [0.25, 0.3) is 0 Å². The Balaban J connectivity index is 4.03. The van der Waals surface area contributed by atoms with Gasteiger partial charge in [-0.3, -0.25) is 9.59 Å². The molecule has 0 aliphatic heterocycles. The molecule has 0 bridgehead atoms. The largest absolute Gasteiger partial charge is 0.466 e. The summed E-state index contributed by atoms with van der Waals surface area (Å²) in [5.74, 6) is -0.0529. The van der Waals surface area contributed by atoms with Gasteiger partial charge >= 0.3 is 11.9 Å². The number of esters is 2. The molecule has 0 aliphatic rings. The van der Waals surface area contributed by atoms with Crippen molar-refractivity contribution in [1.29, 1.82) is 0 Å². The van der Waals surface area contributed by atoms with Crippen LogP contribution in [0.15, 0.2) is 0 Å². The van der Waals surface area contributed by atoms with Gasteiger partial charge in [0.15, 0.2) is 0 Å². The molecule has 0 aromatic heterocycles. The summed E-state index contributed by atoms with van der Waals surface area (Å²) in [6, 6.07) is 0.